The van der Waals surface area contributed by atoms with E-state index in [0.717, 1.165) is 37.5 Å². The summed E-state index contributed by atoms with van der Waals surface area (Å²) in [6.07, 6.45) is 2.41. The highest BCUT2D eigenvalue weighted by Crippen LogP contribution is 2.24. The number of nitrogens with zero attached hydrogens (tertiary/aromatic N) is 1. The molecule has 0 fully saturated rings. The summed E-state index contributed by atoms with van der Waals surface area (Å²) in [6, 6.07) is 6.15. The van der Waals surface area contributed by atoms with Gasteiger partial charge in [0.25, 0.3) is 0 Å². The molecule has 1 rings (SSSR count). The second-order valence-corrected chi connectivity index (χ2v) is 5.17. The van der Waals surface area contributed by atoms with E-state index in [4.69, 9.17) is 10.5 Å². The molecule has 0 amide bonds. The SMILES string of the molecule is CCN(CC)CCCc1ccc(OC(C)C)c(N)c1. The van der Waals surface area contributed by atoms with Crippen LogP contribution in [-0.2, 0) is 6.42 Å². The van der Waals surface area contributed by atoms with E-state index in [-0.39, 0.29) is 6.10 Å². The number of hydrogen-bond donors (Lipinski definition) is 1. The van der Waals surface area contributed by atoms with Crippen LogP contribution >= 0.6 is 0 Å². The van der Waals surface area contributed by atoms with Crippen molar-refractivity contribution in [1.29, 1.82) is 0 Å². The van der Waals surface area contributed by atoms with Crippen LogP contribution in [0.4, 0.5) is 5.69 Å². The van der Waals surface area contributed by atoms with E-state index in [9.17, 15) is 0 Å². The summed E-state index contributed by atoms with van der Waals surface area (Å²) >= 11 is 0. The van der Waals surface area contributed by atoms with Crippen LogP contribution in [0.25, 0.3) is 0 Å². The van der Waals surface area contributed by atoms with E-state index < -0.39 is 0 Å². The molecule has 1 aromatic rings. The van der Waals surface area contributed by atoms with Crippen molar-refractivity contribution in [2.45, 2.75) is 46.6 Å². The summed E-state index contributed by atoms with van der Waals surface area (Å²) in [7, 11) is 0. The molecule has 0 aliphatic heterocycles. The Morgan fingerprint density at radius 2 is 1.89 bits per heavy atom. The van der Waals surface area contributed by atoms with E-state index in [0.29, 0.717) is 0 Å². The maximum absolute atomic E-state index is 6.02. The first-order valence-corrected chi connectivity index (χ1v) is 7.34. The third-order valence-corrected chi connectivity index (χ3v) is 3.27. The maximum atomic E-state index is 6.02. The van der Waals surface area contributed by atoms with Crippen LogP contribution in [0.2, 0.25) is 0 Å². The first-order valence-electron chi connectivity index (χ1n) is 7.34. The highest BCUT2D eigenvalue weighted by Gasteiger charge is 2.05. The topological polar surface area (TPSA) is 38.5 Å². The number of nitrogens with two attached hydrogens (primary N) is 1. The molecule has 1 aromatic carbocycles. The summed E-state index contributed by atoms with van der Waals surface area (Å²) in [5.74, 6) is 0.794. The number of rotatable bonds is 8. The molecule has 0 aromatic heterocycles. The lowest BCUT2D eigenvalue weighted by atomic mass is 10.1. The Balaban J connectivity index is 2.49. The zero-order valence-corrected chi connectivity index (χ0v) is 12.8. The Kier molecular flexibility index (Phi) is 6.71. The molecular weight excluding hydrogens is 236 g/mol. The Labute approximate surface area is 117 Å². The van der Waals surface area contributed by atoms with Crippen molar-refractivity contribution in [3.63, 3.8) is 0 Å². The van der Waals surface area contributed by atoms with Gasteiger partial charge in [0.15, 0.2) is 0 Å². The van der Waals surface area contributed by atoms with Gasteiger partial charge in [0, 0.05) is 0 Å². The molecule has 108 valence electrons. The van der Waals surface area contributed by atoms with Gasteiger partial charge in [0.05, 0.1) is 11.8 Å². The van der Waals surface area contributed by atoms with Crippen molar-refractivity contribution >= 4 is 5.69 Å². The van der Waals surface area contributed by atoms with Gasteiger partial charge >= 0.3 is 0 Å². The van der Waals surface area contributed by atoms with Gasteiger partial charge in [-0.1, -0.05) is 19.9 Å². The van der Waals surface area contributed by atoms with Gasteiger partial charge in [-0.3, -0.25) is 0 Å². The predicted molar refractivity (Wildman–Crippen MR) is 82.7 cm³/mol. The average Bonchev–Trinajstić information content (AvgIpc) is 2.37. The first-order chi connectivity index (χ1) is 9.06. The second-order valence-electron chi connectivity index (χ2n) is 5.17. The number of ether oxygens (including phenoxy) is 1. The van der Waals surface area contributed by atoms with E-state index in [1.807, 2.05) is 26.0 Å². The van der Waals surface area contributed by atoms with Gasteiger partial charge in [-0.05, 0) is 64.0 Å². The second kappa shape index (κ2) is 8.05. The zero-order chi connectivity index (χ0) is 14.3. The zero-order valence-electron chi connectivity index (χ0n) is 12.8. The fraction of sp³-hybridized carbons (Fsp3) is 0.625. The third kappa shape index (κ3) is 5.52. The van der Waals surface area contributed by atoms with Crippen molar-refractivity contribution < 1.29 is 4.74 Å². The summed E-state index contributed by atoms with van der Waals surface area (Å²) in [6.45, 7) is 11.8. The quantitative estimate of drug-likeness (QED) is 0.732. The Morgan fingerprint density at radius 1 is 1.21 bits per heavy atom. The van der Waals surface area contributed by atoms with Crippen LogP contribution < -0.4 is 10.5 Å². The van der Waals surface area contributed by atoms with E-state index in [1.165, 1.54) is 12.0 Å². The van der Waals surface area contributed by atoms with Crippen molar-refractivity contribution in [2.24, 2.45) is 0 Å². The summed E-state index contributed by atoms with van der Waals surface area (Å²) in [5.41, 5.74) is 8.05. The molecule has 3 nitrogen and oxygen atoms in total. The predicted octanol–water partition coefficient (Wildman–Crippen LogP) is 3.33. The van der Waals surface area contributed by atoms with Crippen LogP contribution in [-0.4, -0.2) is 30.6 Å². The highest BCUT2D eigenvalue weighted by molar-refractivity contribution is 5.54. The molecule has 0 spiro atoms. The van der Waals surface area contributed by atoms with Gasteiger partial charge in [0.2, 0.25) is 0 Å². The van der Waals surface area contributed by atoms with Gasteiger partial charge < -0.3 is 15.4 Å². The van der Waals surface area contributed by atoms with E-state index >= 15 is 0 Å². The lowest BCUT2D eigenvalue weighted by molar-refractivity contribution is 0.244. The Morgan fingerprint density at radius 3 is 2.42 bits per heavy atom. The molecule has 0 saturated carbocycles. The normalized spacial score (nSPS) is 11.3. The number of aryl methyl sites for hydroxylation is 1. The molecule has 3 heteroatoms. The molecule has 19 heavy (non-hydrogen) atoms. The molecule has 0 radical (unpaired) electrons. The minimum absolute atomic E-state index is 0.163. The number of benzene rings is 1. The van der Waals surface area contributed by atoms with Crippen molar-refractivity contribution in [3.8, 4) is 5.75 Å². The minimum Gasteiger partial charge on any atom is -0.489 e. The van der Waals surface area contributed by atoms with Crippen molar-refractivity contribution in [1.82, 2.24) is 4.90 Å². The van der Waals surface area contributed by atoms with Crippen molar-refractivity contribution in [3.05, 3.63) is 23.8 Å². The van der Waals surface area contributed by atoms with Crippen LogP contribution in [0.15, 0.2) is 18.2 Å². The third-order valence-electron chi connectivity index (χ3n) is 3.27. The summed E-state index contributed by atoms with van der Waals surface area (Å²) in [4.78, 5) is 2.44. The molecule has 2 N–H and O–H groups in total. The molecule has 0 aliphatic rings. The van der Waals surface area contributed by atoms with Gasteiger partial charge in [0.1, 0.15) is 5.75 Å². The molecule has 0 bridgehead atoms. The molecule has 0 saturated heterocycles. The standard InChI is InChI=1S/C16H28N2O/c1-5-18(6-2)11-7-8-14-9-10-16(15(17)12-14)19-13(3)4/h9-10,12-13H,5-8,11,17H2,1-4H3. The average molecular weight is 264 g/mol. The molecular formula is C16H28N2O. The number of nitrogen functional groups attached to an aromatic ring is 1. The first kappa shape index (κ1) is 15.8. The van der Waals surface area contributed by atoms with E-state index in [1.54, 1.807) is 0 Å². The van der Waals surface area contributed by atoms with E-state index in [2.05, 4.69) is 24.8 Å². The maximum Gasteiger partial charge on any atom is 0.142 e. The number of hydrogen-bond acceptors (Lipinski definition) is 3. The van der Waals surface area contributed by atoms with Crippen LogP contribution in [0.1, 0.15) is 39.7 Å². The van der Waals surface area contributed by atoms with Gasteiger partial charge in [-0.15, -0.1) is 0 Å². The lowest BCUT2D eigenvalue weighted by Gasteiger charge is -2.18. The number of anilines is 1. The smallest absolute Gasteiger partial charge is 0.142 e. The Hall–Kier alpha value is -1.22. The van der Waals surface area contributed by atoms with Gasteiger partial charge in [-0.2, -0.15) is 0 Å². The monoisotopic (exact) mass is 264 g/mol. The fourth-order valence-electron chi connectivity index (χ4n) is 2.16. The minimum atomic E-state index is 0.163. The fourth-order valence-corrected chi connectivity index (χ4v) is 2.16. The summed E-state index contributed by atoms with van der Waals surface area (Å²) in [5, 5.41) is 0. The van der Waals surface area contributed by atoms with Crippen LogP contribution in [0.3, 0.4) is 0 Å². The largest absolute Gasteiger partial charge is 0.489 e. The molecule has 0 unspecified atom stereocenters. The highest BCUT2D eigenvalue weighted by atomic mass is 16.5. The van der Waals surface area contributed by atoms with Crippen molar-refractivity contribution in [2.75, 3.05) is 25.4 Å². The Bertz CT molecular complexity index is 373. The summed E-state index contributed by atoms with van der Waals surface area (Å²) < 4.78 is 5.64. The molecule has 0 atom stereocenters. The van der Waals surface area contributed by atoms with Crippen LogP contribution in [0, 0.1) is 0 Å². The molecule has 0 aliphatic carbocycles. The van der Waals surface area contributed by atoms with Gasteiger partial charge in [-0.25, -0.2) is 0 Å². The van der Waals surface area contributed by atoms with Crippen LogP contribution in [0.5, 0.6) is 5.75 Å². The lowest BCUT2D eigenvalue weighted by Crippen LogP contribution is -2.24. The molecule has 0 heterocycles.